The van der Waals surface area contributed by atoms with Gasteiger partial charge in [0.1, 0.15) is 23.0 Å². The molecule has 10 aromatic carbocycles. The molecule has 0 bridgehead atoms. The minimum atomic E-state index is 0.216. The summed E-state index contributed by atoms with van der Waals surface area (Å²) in [5.41, 5.74) is 14.3. The SMILES string of the molecule is COc1ccc(N(c2ccc(O)cc2)c2ccc(N(c3ccccc3)c3ccc(-c4ccc(N(c5ccccc5)c5ccc(N(c6ccc(OC)cc6)c6ccc(OC)cc6)cc5)cc4)cc3)cc2)cc1. The van der Waals surface area contributed by atoms with Gasteiger partial charge in [0.2, 0.25) is 0 Å². The number of phenolic OH excluding ortho intramolecular Hbond substituents is 1. The molecule has 0 amide bonds. The predicted molar refractivity (Wildman–Crippen MR) is 292 cm³/mol. The molecule has 0 saturated carbocycles. The van der Waals surface area contributed by atoms with Crippen molar-refractivity contribution < 1.29 is 19.3 Å². The van der Waals surface area contributed by atoms with E-state index in [9.17, 15) is 5.11 Å². The number of aromatic hydroxyl groups is 1. The first kappa shape index (κ1) is 45.4. The molecule has 10 aromatic rings. The highest BCUT2D eigenvalue weighted by Crippen LogP contribution is 2.43. The summed E-state index contributed by atoms with van der Waals surface area (Å²) >= 11 is 0. The van der Waals surface area contributed by atoms with Crippen LogP contribution < -0.4 is 33.8 Å². The maximum atomic E-state index is 10.1. The van der Waals surface area contributed by atoms with E-state index in [0.717, 1.165) is 96.6 Å². The average Bonchev–Trinajstić information content (AvgIpc) is 3.44. The van der Waals surface area contributed by atoms with E-state index in [1.54, 1.807) is 33.5 Å². The van der Waals surface area contributed by atoms with E-state index >= 15 is 0 Å². The lowest BCUT2D eigenvalue weighted by atomic mass is 10.0. The van der Waals surface area contributed by atoms with Crippen molar-refractivity contribution in [2.45, 2.75) is 0 Å². The molecular weight excluding hydrogens is 877 g/mol. The van der Waals surface area contributed by atoms with Gasteiger partial charge < -0.3 is 38.9 Å². The Bertz CT molecular complexity index is 3220. The largest absolute Gasteiger partial charge is 0.508 e. The second kappa shape index (κ2) is 20.9. The summed E-state index contributed by atoms with van der Waals surface area (Å²) in [6, 6.07) is 87.1. The molecule has 1 N–H and O–H groups in total. The van der Waals surface area contributed by atoms with E-state index in [1.165, 1.54) is 0 Å². The first-order chi connectivity index (χ1) is 35.0. The minimum Gasteiger partial charge on any atom is -0.508 e. The van der Waals surface area contributed by atoms with Gasteiger partial charge in [0.25, 0.3) is 0 Å². The Kier molecular flexibility index (Phi) is 13.3. The van der Waals surface area contributed by atoms with Crippen LogP contribution in [0, 0.1) is 0 Å². The summed E-state index contributed by atoms with van der Waals surface area (Å²) in [6.07, 6.45) is 0. The highest BCUT2D eigenvalue weighted by atomic mass is 16.5. The molecule has 0 aliphatic heterocycles. The van der Waals surface area contributed by atoms with Crippen LogP contribution in [0.2, 0.25) is 0 Å². The molecule has 0 radical (unpaired) electrons. The van der Waals surface area contributed by atoms with Gasteiger partial charge in [0.15, 0.2) is 0 Å². The predicted octanol–water partition coefficient (Wildman–Crippen LogP) is 17.0. The summed E-state index contributed by atoms with van der Waals surface area (Å²) in [5.74, 6) is 2.60. The molecule has 8 nitrogen and oxygen atoms in total. The highest BCUT2D eigenvalue weighted by Gasteiger charge is 2.19. The maximum Gasteiger partial charge on any atom is 0.119 e. The Balaban J connectivity index is 0.929. The Labute approximate surface area is 415 Å². The molecule has 0 aliphatic carbocycles. The number of nitrogens with zero attached hydrogens (tertiary/aromatic N) is 4. The van der Waals surface area contributed by atoms with Gasteiger partial charge in [-0.25, -0.2) is 0 Å². The van der Waals surface area contributed by atoms with Gasteiger partial charge >= 0.3 is 0 Å². The van der Waals surface area contributed by atoms with Crippen molar-refractivity contribution >= 4 is 68.2 Å². The zero-order chi connectivity index (χ0) is 48.5. The van der Waals surface area contributed by atoms with E-state index in [4.69, 9.17) is 14.2 Å². The first-order valence-electron chi connectivity index (χ1n) is 23.4. The van der Waals surface area contributed by atoms with Crippen molar-refractivity contribution in [3.05, 3.63) is 255 Å². The smallest absolute Gasteiger partial charge is 0.119 e. The van der Waals surface area contributed by atoms with Crippen LogP contribution in [0.3, 0.4) is 0 Å². The summed E-state index contributed by atoms with van der Waals surface area (Å²) in [6.45, 7) is 0. The zero-order valence-electron chi connectivity index (χ0n) is 39.7. The number of phenols is 1. The van der Waals surface area contributed by atoms with Gasteiger partial charge in [-0.05, 0) is 205 Å². The van der Waals surface area contributed by atoms with E-state index in [0.29, 0.717) is 0 Å². The topological polar surface area (TPSA) is 60.9 Å². The van der Waals surface area contributed by atoms with Crippen molar-refractivity contribution in [2.24, 2.45) is 0 Å². The summed E-state index contributed by atoms with van der Waals surface area (Å²) in [7, 11) is 5.03. The lowest BCUT2D eigenvalue weighted by molar-refractivity contribution is 0.414. The molecule has 0 unspecified atom stereocenters. The quantitative estimate of drug-likeness (QED) is 0.103. The number of anilines is 12. The second-order valence-electron chi connectivity index (χ2n) is 16.7. The number of methoxy groups -OCH3 is 3. The summed E-state index contributed by atoms with van der Waals surface area (Å²) in [5, 5.41) is 10.1. The number of ether oxygens (including phenoxy) is 3. The van der Waals surface area contributed by atoms with Crippen LogP contribution >= 0.6 is 0 Å². The fourth-order valence-electron chi connectivity index (χ4n) is 8.85. The van der Waals surface area contributed by atoms with Crippen LogP contribution in [0.5, 0.6) is 23.0 Å². The van der Waals surface area contributed by atoms with Gasteiger partial charge in [-0.15, -0.1) is 0 Å². The van der Waals surface area contributed by atoms with Crippen LogP contribution in [0.25, 0.3) is 11.1 Å². The fraction of sp³-hybridized carbons (Fsp3) is 0.0476. The van der Waals surface area contributed by atoms with Crippen molar-refractivity contribution in [2.75, 3.05) is 40.9 Å². The van der Waals surface area contributed by atoms with E-state index in [-0.39, 0.29) is 5.75 Å². The van der Waals surface area contributed by atoms with Crippen LogP contribution in [-0.4, -0.2) is 26.4 Å². The molecule has 0 heterocycles. The Hall–Kier alpha value is -9.40. The van der Waals surface area contributed by atoms with E-state index in [2.05, 4.69) is 189 Å². The Morgan fingerprint density at radius 2 is 0.408 bits per heavy atom. The molecule has 8 heteroatoms. The first-order valence-corrected chi connectivity index (χ1v) is 23.4. The van der Waals surface area contributed by atoms with Crippen LogP contribution in [0.15, 0.2) is 255 Å². The zero-order valence-corrected chi connectivity index (χ0v) is 39.7. The second-order valence-corrected chi connectivity index (χ2v) is 16.7. The molecular formula is C63H52N4O4. The van der Waals surface area contributed by atoms with Crippen molar-refractivity contribution in [3.63, 3.8) is 0 Å². The van der Waals surface area contributed by atoms with Gasteiger partial charge in [-0.2, -0.15) is 0 Å². The van der Waals surface area contributed by atoms with Gasteiger partial charge in [-0.3, -0.25) is 0 Å². The van der Waals surface area contributed by atoms with Crippen LogP contribution in [-0.2, 0) is 0 Å². The standard InChI is InChI=1S/C63H52N4O4/c1-69-61-40-32-57(33-41-61)66(56-30-38-60(68)39-31-56)54-26-22-52(23-27-54)64(48-10-6-4-7-11-48)50-18-14-46(15-19-50)47-16-20-51(21-17-47)65(49-12-8-5-9-13-49)53-24-28-55(29-25-53)67(58-34-42-62(70-2)43-35-58)59-36-44-63(71-3)45-37-59/h4-45,68H,1-3H3. The number of rotatable bonds is 16. The van der Waals surface area contributed by atoms with Gasteiger partial charge in [-0.1, -0.05) is 60.7 Å². The van der Waals surface area contributed by atoms with Gasteiger partial charge in [0.05, 0.1) is 21.3 Å². The van der Waals surface area contributed by atoms with Gasteiger partial charge in [0, 0.05) is 68.2 Å². The molecule has 71 heavy (non-hydrogen) atoms. The maximum absolute atomic E-state index is 10.1. The van der Waals surface area contributed by atoms with Crippen molar-refractivity contribution in [1.82, 2.24) is 0 Å². The summed E-state index contributed by atoms with van der Waals surface area (Å²) < 4.78 is 16.4. The molecule has 348 valence electrons. The molecule has 0 spiro atoms. The molecule has 0 aromatic heterocycles. The average molecular weight is 929 g/mol. The third kappa shape index (κ3) is 9.95. The Morgan fingerprint density at radius 3 is 0.634 bits per heavy atom. The molecule has 0 atom stereocenters. The lowest BCUT2D eigenvalue weighted by Crippen LogP contribution is -2.12. The highest BCUT2D eigenvalue weighted by molar-refractivity contribution is 5.85. The molecule has 10 rings (SSSR count). The Morgan fingerprint density at radius 1 is 0.225 bits per heavy atom. The normalized spacial score (nSPS) is 10.8. The summed E-state index contributed by atoms with van der Waals surface area (Å²) in [4.78, 5) is 8.94. The van der Waals surface area contributed by atoms with Crippen LogP contribution in [0.1, 0.15) is 0 Å². The minimum absolute atomic E-state index is 0.216. The monoisotopic (exact) mass is 928 g/mol. The molecule has 0 fully saturated rings. The lowest BCUT2D eigenvalue weighted by Gasteiger charge is -2.29. The van der Waals surface area contributed by atoms with Crippen molar-refractivity contribution in [1.29, 1.82) is 0 Å². The fourth-order valence-corrected chi connectivity index (χ4v) is 8.85. The number of hydrogen-bond donors (Lipinski definition) is 1. The number of benzene rings is 10. The van der Waals surface area contributed by atoms with Crippen molar-refractivity contribution in [3.8, 4) is 34.1 Å². The molecule has 0 aliphatic rings. The van der Waals surface area contributed by atoms with Crippen LogP contribution in [0.4, 0.5) is 68.2 Å². The van der Waals surface area contributed by atoms with E-state index in [1.807, 2.05) is 72.8 Å². The van der Waals surface area contributed by atoms with E-state index < -0.39 is 0 Å². The number of para-hydroxylation sites is 2. The third-order valence-electron chi connectivity index (χ3n) is 12.4. The third-order valence-corrected chi connectivity index (χ3v) is 12.4. The number of hydrogen-bond acceptors (Lipinski definition) is 8. The molecule has 0 saturated heterocycles.